The summed E-state index contributed by atoms with van der Waals surface area (Å²) in [5, 5.41) is 0. The second-order valence-electron chi connectivity index (χ2n) is 3.89. The van der Waals surface area contributed by atoms with Crippen LogP contribution in [0.2, 0.25) is 0 Å². The maximum absolute atomic E-state index is 10.8. The predicted molar refractivity (Wildman–Crippen MR) is 60.0 cm³/mol. The maximum Gasteiger partial charge on any atom is 0.278 e. The summed E-state index contributed by atoms with van der Waals surface area (Å²) in [5.41, 5.74) is 0. The fraction of sp³-hybridized carbons (Fsp3) is 1.00. The zero-order valence-electron chi connectivity index (χ0n) is 10.0. The Morgan fingerprint density at radius 3 is 1.73 bits per heavy atom. The highest BCUT2D eigenvalue weighted by Crippen LogP contribution is 2.06. The van der Waals surface area contributed by atoms with Crippen LogP contribution in [0.5, 0.6) is 0 Å². The number of rotatable bonds is 6. The van der Waals surface area contributed by atoms with E-state index in [4.69, 9.17) is 4.55 Å². The first-order chi connectivity index (χ1) is 6.69. The minimum Gasteiger partial charge on any atom is -0.285 e. The molecule has 0 spiro atoms. The first kappa shape index (κ1) is 14.8. The predicted octanol–water partition coefficient (Wildman–Crippen LogP) is -0.440. The van der Waals surface area contributed by atoms with E-state index >= 15 is 0 Å². The molecule has 6 nitrogen and oxygen atoms in total. The van der Waals surface area contributed by atoms with Crippen LogP contribution in [0.3, 0.4) is 0 Å². The van der Waals surface area contributed by atoms with Crippen LogP contribution in [-0.4, -0.2) is 74.6 Å². The number of hydrogen-bond acceptors (Lipinski definition) is 5. The van der Waals surface area contributed by atoms with Crippen LogP contribution in [0.4, 0.5) is 0 Å². The average molecular weight is 239 g/mol. The van der Waals surface area contributed by atoms with Gasteiger partial charge in [-0.3, -0.25) is 19.3 Å². The Kier molecular flexibility index (Phi) is 5.68. The van der Waals surface area contributed by atoms with Gasteiger partial charge in [0.1, 0.15) is 12.2 Å². The fourth-order valence-corrected chi connectivity index (χ4v) is 2.38. The van der Waals surface area contributed by atoms with Crippen molar-refractivity contribution in [1.29, 1.82) is 0 Å². The first-order valence-corrected chi connectivity index (χ1v) is 6.32. The minimum absolute atomic E-state index is 0.156. The maximum atomic E-state index is 10.8. The van der Waals surface area contributed by atoms with E-state index in [9.17, 15) is 8.42 Å². The van der Waals surface area contributed by atoms with Crippen LogP contribution in [-0.2, 0) is 10.1 Å². The molecule has 0 aliphatic rings. The van der Waals surface area contributed by atoms with Gasteiger partial charge in [0.25, 0.3) is 10.1 Å². The van der Waals surface area contributed by atoms with E-state index in [1.807, 2.05) is 44.9 Å². The zero-order valence-corrected chi connectivity index (χ0v) is 10.8. The van der Waals surface area contributed by atoms with Crippen molar-refractivity contribution in [2.45, 2.75) is 13.2 Å². The molecule has 0 atom stereocenters. The molecule has 92 valence electrons. The monoisotopic (exact) mass is 239 g/mol. The van der Waals surface area contributed by atoms with Crippen molar-refractivity contribution in [3.8, 4) is 0 Å². The van der Waals surface area contributed by atoms with Crippen molar-refractivity contribution in [2.75, 3.05) is 40.6 Å². The van der Waals surface area contributed by atoms with Crippen molar-refractivity contribution < 1.29 is 13.0 Å². The van der Waals surface area contributed by atoms with Gasteiger partial charge in [-0.2, -0.15) is 8.42 Å². The largest absolute Gasteiger partial charge is 0.285 e. The first-order valence-electron chi connectivity index (χ1n) is 4.71. The van der Waals surface area contributed by atoms with E-state index in [1.165, 1.54) is 0 Å². The zero-order chi connectivity index (χ0) is 12.2. The molecule has 0 aromatic heterocycles. The van der Waals surface area contributed by atoms with Crippen molar-refractivity contribution in [2.24, 2.45) is 0 Å². The standard InChI is InChI=1S/C8H21N3O3S/c1-6-11(7-15(12,13)14)8(9(2)3)10(4)5/h8H,6-7H2,1-5H3,(H,12,13,14). The number of hydrogen-bond donors (Lipinski definition) is 1. The molecule has 15 heavy (non-hydrogen) atoms. The Hall–Kier alpha value is -0.210. The third-order valence-corrected chi connectivity index (χ3v) is 2.64. The summed E-state index contributed by atoms with van der Waals surface area (Å²) in [6, 6.07) is 0. The molecule has 0 saturated carbocycles. The van der Waals surface area contributed by atoms with Gasteiger partial charge < -0.3 is 0 Å². The van der Waals surface area contributed by atoms with E-state index in [0.29, 0.717) is 6.54 Å². The Balaban J connectivity index is 4.75. The van der Waals surface area contributed by atoms with Gasteiger partial charge in [-0.15, -0.1) is 0 Å². The molecular formula is C8H21N3O3S. The Morgan fingerprint density at radius 1 is 1.13 bits per heavy atom. The number of nitrogens with zero attached hydrogens (tertiary/aromatic N) is 3. The van der Waals surface area contributed by atoms with Crippen LogP contribution in [0.25, 0.3) is 0 Å². The highest BCUT2D eigenvalue weighted by atomic mass is 32.2. The van der Waals surface area contributed by atoms with Gasteiger partial charge >= 0.3 is 0 Å². The summed E-state index contributed by atoms with van der Waals surface area (Å²) in [5.74, 6) is -0.357. The van der Waals surface area contributed by atoms with Crippen molar-refractivity contribution in [1.82, 2.24) is 14.7 Å². The summed E-state index contributed by atoms with van der Waals surface area (Å²) in [6.45, 7) is 2.39. The SMILES string of the molecule is CCN(CS(=O)(=O)O)C(N(C)C)N(C)C. The molecule has 0 aliphatic carbocycles. The van der Waals surface area contributed by atoms with Crippen molar-refractivity contribution >= 4 is 10.1 Å². The summed E-state index contributed by atoms with van der Waals surface area (Å²) in [4.78, 5) is 5.43. The summed E-state index contributed by atoms with van der Waals surface area (Å²) in [6.07, 6.45) is -0.156. The van der Waals surface area contributed by atoms with Crippen molar-refractivity contribution in [3.05, 3.63) is 0 Å². The normalized spacial score (nSPS) is 13.5. The van der Waals surface area contributed by atoms with Crippen LogP contribution in [0.15, 0.2) is 0 Å². The summed E-state index contributed by atoms with van der Waals surface area (Å²) in [7, 11) is 3.46. The molecule has 0 bridgehead atoms. The van der Waals surface area contributed by atoms with E-state index < -0.39 is 10.1 Å². The Labute approximate surface area is 92.2 Å². The van der Waals surface area contributed by atoms with Crippen LogP contribution < -0.4 is 0 Å². The molecule has 0 amide bonds. The summed E-state index contributed by atoms with van der Waals surface area (Å²) >= 11 is 0. The van der Waals surface area contributed by atoms with Gasteiger partial charge in [0.05, 0.1) is 0 Å². The molecule has 7 heteroatoms. The molecule has 0 saturated heterocycles. The van der Waals surface area contributed by atoms with E-state index in [1.54, 1.807) is 4.90 Å². The molecule has 0 aromatic carbocycles. The average Bonchev–Trinajstić information content (AvgIpc) is 1.98. The van der Waals surface area contributed by atoms with Gasteiger partial charge in [0.15, 0.2) is 0 Å². The van der Waals surface area contributed by atoms with Crippen LogP contribution >= 0.6 is 0 Å². The second kappa shape index (κ2) is 5.76. The lowest BCUT2D eigenvalue weighted by atomic mass is 10.5. The molecule has 0 rings (SSSR count). The smallest absolute Gasteiger partial charge is 0.278 e. The van der Waals surface area contributed by atoms with Gasteiger partial charge in [0, 0.05) is 0 Å². The fourth-order valence-electron chi connectivity index (χ4n) is 1.65. The van der Waals surface area contributed by atoms with E-state index in [2.05, 4.69) is 0 Å². The minimum atomic E-state index is -3.97. The highest BCUT2D eigenvalue weighted by Gasteiger charge is 2.24. The lowest BCUT2D eigenvalue weighted by Crippen LogP contribution is -2.54. The lowest BCUT2D eigenvalue weighted by molar-refractivity contribution is -0.00930. The highest BCUT2D eigenvalue weighted by molar-refractivity contribution is 7.85. The van der Waals surface area contributed by atoms with Crippen LogP contribution in [0.1, 0.15) is 6.92 Å². The molecule has 0 aromatic rings. The van der Waals surface area contributed by atoms with Gasteiger partial charge in [-0.1, -0.05) is 6.92 Å². The molecule has 0 fully saturated rings. The lowest BCUT2D eigenvalue weighted by Gasteiger charge is -2.38. The third-order valence-electron chi connectivity index (χ3n) is 1.99. The van der Waals surface area contributed by atoms with Crippen LogP contribution in [0, 0.1) is 0 Å². The molecule has 0 unspecified atom stereocenters. The Bertz CT molecular complexity index is 269. The molecule has 0 aliphatic heterocycles. The summed E-state index contributed by atoms with van der Waals surface area (Å²) < 4.78 is 30.5. The molecule has 0 radical (unpaired) electrons. The van der Waals surface area contributed by atoms with E-state index in [0.717, 1.165) is 0 Å². The van der Waals surface area contributed by atoms with Gasteiger partial charge in [-0.25, -0.2) is 0 Å². The van der Waals surface area contributed by atoms with Gasteiger partial charge in [0.2, 0.25) is 0 Å². The third kappa shape index (κ3) is 5.43. The quantitative estimate of drug-likeness (QED) is 0.501. The molecular weight excluding hydrogens is 218 g/mol. The molecule has 1 N–H and O–H groups in total. The second-order valence-corrected chi connectivity index (χ2v) is 5.31. The van der Waals surface area contributed by atoms with Gasteiger partial charge in [-0.05, 0) is 34.7 Å². The Morgan fingerprint density at radius 2 is 1.53 bits per heavy atom. The topological polar surface area (TPSA) is 64.1 Å². The molecule has 0 heterocycles. The van der Waals surface area contributed by atoms with E-state index in [-0.39, 0.29) is 12.2 Å². The van der Waals surface area contributed by atoms with Crippen molar-refractivity contribution in [3.63, 3.8) is 0 Å².